The summed E-state index contributed by atoms with van der Waals surface area (Å²) in [6.45, 7) is 9.48. The van der Waals surface area contributed by atoms with E-state index in [-0.39, 0.29) is 11.8 Å². The van der Waals surface area contributed by atoms with Gasteiger partial charge in [-0.05, 0) is 26.2 Å². The van der Waals surface area contributed by atoms with E-state index in [9.17, 15) is 9.59 Å². The van der Waals surface area contributed by atoms with Crippen molar-refractivity contribution in [3.8, 4) is 0 Å². The molecule has 1 rings (SSSR count). The molecule has 1 N–H and O–H groups in total. The molecule has 5 nitrogen and oxygen atoms in total. The molecule has 116 valence electrons. The summed E-state index contributed by atoms with van der Waals surface area (Å²) in [7, 11) is 0. The van der Waals surface area contributed by atoms with Crippen LogP contribution in [0.4, 0.5) is 0 Å². The Hall–Kier alpha value is -1.10. The average molecular weight is 284 g/mol. The van der Waals surface area contributed by atoms with Crippen molar-refractivity contribution in [1.82, 2.24) is 10.2 Å². The van der Waals surface area contributed by atoms with Crippen LogP contribution in [0.3, 0.4) is 0 Å². The monoisotopic (exact) mass is 284 g/mol. The zero-order valence-electron chi connectivity index (χ0n) is 13.2. The molecule has 0 saturated carbocycles. The van der Waals surface area contributed by atoms with E-state index in [4.69, 9.17) is 4.74 Å². The maximum Gasteiger partial charge on any atom is 0.246 e. The molecule has 0 aromatic heterocycles. The minimum absolute atomic E-state index is 0.00976. The first-order chi connectivity index (χ1) is 9.51. The summed E-state index contributed by atoms with van der Waals surface area (Å²) in [5.41, 5.74) is -0.753. The first-order valence-corrected chi connectivity index (χ1v) is 7.71. The van der Waals surface area contributed by atoms with Crippen LogP contribution < -0.4 is 5.32 Å². The number of carbonyl (C=O) groups excluding carboxylic acids is 2. The van der Waals surface area contributed by atoms with E-state index in [2.05, 4.69) is 12.2 Å². The van der Waals surface area contributed by atoms with Gasteiger partial charge in [-0.2, -0.15) is 0 Å². The lowest BCUT2D eigenvalue weighted by atomic mass is 9.90. The number of amides is 2. The fraction of sp³-hybridized carbons (Fsp3) is 0.867. The van der Waals surface area contributed by atoms with Gasteiger partial charge in [0.25, 0.3) is 0 Å². The Balaban J connectivity index is 2.69. The fourth-order valence-corrected chi connectivity index (χ4v) is 2.42. The number of unbranched alkanes of at least 4 members (excludes halogenated alkanes) is 1. The van der Waals surface area contributed by atoms with Gasteiger partial charge in [0.05, 0.1) is 6.61 Å². The first-order valence-electron chi connectivity index (χ1n) is 7.71. The number of nitrogens with zero attached hydrogens (tertiary/aromatic N) is 1. The van der Waals surface area contributed by atoms with Crippen molar-refractivity contribution >= 4 is 11.8 Å². The Morgan fingerprint density at radius 3 is 2.50 bits per heavy atom. The van der Waals surface area contributed by atoms with Crippen LogP contribution in [0.2, 0.25) is 0 Å². The molecule has 1 saturated heterocycles. The highest BCUT2D eigenvalue weighted by Gasteiger charge is 2.47. The zero-order valence-corrected chi connectivity index (χ0v) is 13.2. The van der Waals surface area contributed by atoms with Crippen LogP contribution in [0, 0.1) is 0 Å². The molecule has 2 atom stereocenters. The molecule has 2 unspecified atom stereocenters. The van der Waals surface area contributed by atoms with E-state index in [1.54, 1.807) is 4.90 Å². The van der Waals surface area contributed by atoms with Gasteiger partial charge in [-0.15, -0.1) is 0 Å². The normalized spacial score (nSPS) is 26.8. The van der Waals surface area contributed by atoms with Crippen LogP contribution in [-0.4, -0.2) is 48.1 Å². The number of ether oxygens (including phenoxy) is 1. The van der Waals surface area contributed by atoms with Gasteiger partial charge in [-0.3, -0.25) is 9.59 Å². The van der Waals surface area contributed by atoms with E-state index >= 15 is 0 Å². The number of carbonyl (C=O) groups is 2. The van der Waals surface area contributed by atoms with E-state index < -0.39 is 11.6 Å². The first kappa shape index (κ1) is 17.0. The predicted octanol–water partition coefficient (Wildman–Crippen LogP) is 1.71. The second kappa shape index (κ2) is 7.62. The molecule has 0 radical (unpaired) electrons. The van der Waals surface area contributed by atoms with E-state index in [1.165, 1.54) is 0 Å². The van der Waals surface area contributed by atoms with Gasteiger partial charge >= 0.3 is 0 Å². The Bertz CT molecular complexity index is 346. The lowest BCUT2D eigenvalue weighted by Crippen LogP contribution is -2.69. The van der Waals surface area contributed by atoms with Crippen LogP contribution in [-0.2, 0) is 14.3 Å². The molecule has 1 fully saturated rings. The van der Waals surface area contributed by atoms with Gasteiger partial charge in [0.2, 0.25) is 11.8 Å². The zero-order chi connectivity index (χ0) is 15.2. The van der Waals surface area contributed by atoms with Crippen molar-refractivity contribution in [2.75, 3.05) is 19.8 Å². The Morgan fingerprint density at radius 2 is 1.95 bits per heavy atom. The summed E-state index contributed by atoms with van der Waals surface area (Å²) in [5, 5.41) is 2.83. The summed E-state index contributed by atoms with van der Waals surface area (Å²) in [5.74, 6) is -0.0458. The minimum Gasteiger partial charge on any atom is -0.380 e. The summed E-state index contributed by atoms with van der Waals surface area (Å²) < 4.78 is 5.54. The summed E-state index contributed by atoms with van der Waals surface area (Å²) in [6.07, 6.45) is 3.35. The maximum absolute atomic E-state index is 12.5. The number of hydrogen-bond donors (Lipinski definition) is 1. The number of piperazine rings is 1. The van der Waals surface area contributed by atoms with Crippen LogP contribution >= 0.6 is 0 Å². The smallest absolute Gasteiger partial charge is 0.246 e. The quantitative estimate of drug-likeness (QED) is 0.690. The summed E-state index contributed by atoms with van der Waals surface area (Å²) in [4.78, 5) is 26.4. The Kier molecular flexibility index (Phi) is 6.46. The highest BCUT2D eigenvalue weighted by Crippen LogP contribution is 2.25. The third-order valence-corrected chi connectivity index (χ3v) is 4.15. The van der Waals surface area contributed by atoms with Gasteiger partial charge in [0.15, 0.2) is 0 Å². The van der Waals surface area contributed by atoms with E-state index in [1.807, 2.05) is 20.8 Å². The summed E-state index contributed by atoms with van der Waals surface area (Å²) in [6, 6.07) is -0.391. The van der Waals surface area contributed by atoms with E-state index in [0.29, 0.717) is 32.6 Å². The van der Waals surface area contributed by atoms with Gasteiger partial charge in [-0.25, -0.2) is 0 Å². The SMILES string of the molecule is CCCCOCCN1C(=O)C(CC)NC(=O)C1(C)CC. The van der Waals surface area contributed by atoms with Crippen LogP contribution in [0.15, 0.2) is 0 Å². The average Bonchev–Trinajstić information content (AvgIpc) is 2.45. The molecule has 0 bridgehead atoms. The van der Waals surface area contributed by atoms with Crippen molar-refractivity contribution < 1.29 is 14.3 Å². The molecule has 1 aliphatic rings. The summed E-state index contributed by atoms with van der Waals surface area (Å²) >= 11 is 0. The largest absolute Gasteiger partial charge is 0.380 e. The highest BCUT2D eigenvalue weighted by atomic mass is 16.5. The van der Waals surface area contributed by atoms with Crippen LogP contribution in [0.25, 0.3) is 0 Å². The van der Waals surface area contributed by atoms with Gasteiger partial charge in [0.1, 0.15) is 11.6 Å². The van der Waals surface area contributed by atoms with Gasteiger partial charge < -0.3 is 15.0 Å². The Morgan fingerprint density at radius 1 is 1.25 bits per heavy atom. The molecule has 0 aliphatic carbocycles. The van der Waals surface area contributed by atoms with Crippen molar-refractivity contribution in [2.24, 2.45) is 0 Å². The highest BCUT2D eigenvalue weighted by molar-refractivity contribution is 5.99. The molecule has 0 aromatic carbocycles. The van der Waals surface area contributed by atoms with Crippen molar-refractivity contribution in [1.29, 1.82) is 0 Å². The lowest BCUT2D eigenvalue weighted by Gasteiger charge is -2.45. The third-order valence-electron chi connectivity index (χ3n) is 4.15. The molecule has 20 heavy (non-hydrogen) atoms. The molecule has 5 heteroatoms. The molecule has 2 amide bonds. The molecule has 1 heterocycles. The standard InChI is InChI=1S/C15H28N2O3/c1-5-8-10-20-11-9-17-13(18)12(6-2)16-14(19)15(17,4)7-3/h12H,5-11H2,1-4H3,(H,16,19). The number of hydrogen-bond acceptors (Lipinski definition) is 3. The third kappa shape index (κ3) is 3.51. The molecular weight excluding hydrogens is 256 g/mol. The topological polar surface area (TPSA) is 58.6 Å². The van der Waals surface area contributed by atoms with Crippen LogP contribution in [0.1, 0.15) is 53.4 Å². The maximum atomic E-state index is 12.5. The minimum atomic E-state index is -0.753. The predicted molar refractivity (Wildman–Crippen MR) is 78.4 cm³/mol. The van der Waals surface area contributed by atoms with Crippen molar-refractivity contribution in [2.45, 2.75) is 65.0 Å². The number of nitrogens with one attached hydrogen (secondary N) is 1. The van der Waals surface area contributed by atoms with Gasteiger partial charge in [-0.1, -0.05) is 27.2 Å². The fourth-order valence-electron chi connectivity index (χ4n) is 2.42. The lowest BCUT2D eigenvalue weighted by molar-refractivity contribution is -0.157. The molecule has 0 spiro atoms. The molecule has 0 aromatic rings. The molecule has 1 aliphatic heterocycles. The van der Waals surface area contributed by atoms with Gasteiger partial charge in [0, 0.05) is 13.2 Å². The Labute approximate surface area is 122 Å². The van der Waals surface area contributed by atoms with E-state index in [0.717, 1.165) is 12.8 Å². The van der Waals surface area contributed by atoms with Crippen LogP contribution in [0.5, 0.6) is 0 Å². The molecular formula is C15H28N2O3. The van der Waals surface area contributed by atoms with Crippen molar-refractivity contribution in [3.63, 3.8) is 0 Å². The second-order valence-electron chi connectivity index (χ2n) is 5.52. The number of rotatable bonds is 8. The van der Waals surface area contributed by atoms with Crippen molar-refractivity contribution in [3.05, 3.63) is 0 Å². The second-order valence-corrected chi connectivity index (χ2v) is 5.52.